The number of rotatable bonds is 7. The predicted molar refractivity (Wildman–Crippen MR) is 94.2 cm³/mol. The molecule has 0 aromatic heterocycles. The summed E-state index contributed by atoms with van der Waals surface area (Å²) in [6.07, 6.45) is 0. The Morgan fingerprint density at radius 3 is 2.42 bits per heavy atom. The first-order valence-electron chi connectivity index (χ1n) is 7.53. The first-order valence-corrected chi connectivity index (χ1v) is 9.08. The van der Waals surface area contributed by atoms with Gasteiger partial charge < -0.3 is 10.1 Å². The number of nitrogens with one attached hydrogen (secondary N) is 1. The maximum absolute atomic E-state index is 11.6. The Balaban J connectivity index is 2.16. The number of nitrogens with two attached hydrogens (primary N) is 1. The molecule has 3 N–H and O–H groups in total. The van der Waals surface area contributed by atoms with E-state index in [0.29, 0.717) is 5.56 Å². The molecule has 0 radical (unpaired) electrons. The van der Waals surface area contributed by atoms with Crippen LogP contribution in [0.2, 0.25) is 0 Å². The summed E-state index contributed by atoms with van der Waals surface area (Å²) in [4.78, 5) is 21.7. The van der Waals surface area contributed by atoms with Crippen molar-refractivity contribution in [2.45, 2.75) is 18.4 Å². The van der Waals surface area contributed by atoms with Gasteiger partial charge in [-0.05, 0) is 36.8 Å². The van der Waals surface area contributed by atoms with Gasteiger partial charge in [-0.25, -0.2) is 18.4 Å². The van der Waals surface area contributed by atoms with Crippen LogP contribution in [-0.2, 0) is 21.3 Å². The summed E-state index contributed by atoms with van der Waals surface area (Å²) in [6, 6.07) is 9.93. The number of benzene rings is 2. The lowest BCUT2D eigenvalue weighted by molar-refractivity contribution is -0.384. The van der Waals surface area contributed by atoms with Crippen LogP contribution in [0.15, 0.2) is 47.4 Å². The second-order valence-corrected chi connectivity index (χ2v) is 6.81. The number of primary sulfonamides is 1. The molecule has 0 bridgehead atoms. The van der Waals surface area contributed by atoms with Crippen LogP contribution in [0.25, 0.3) is 0 Å². The zero-order valence-electron chi connectivity index (χ0n) is 13.8. The number of sulfonamides is 1. The smallest absolute Gasteiger partial charge is 0.338 e. The van der Waals surface area contributed by atoms with Gasteiger partial charge in [0.1, 0.15) is 5.69 Å². The van der Waals surface area contributed by atoms with Crippen molar-refractivity contribution < 1.29 is 22.9 Å². The Bertz CT molecular complexity index is 926. The van der Waals surface area contributed by atoms with Crippen LogP contribution in [-0.4, -0.2) is 25.9 Å². The number of ether oxygens (including phenoxy) is 1. The zero-order chi connectivity index (χ0) is 19.3. The molecule has 2 rings (SSSR count). The Morgan fingerprint density at radius 1 is 1.23 bits per heavy atom. The number of nitro groups is 1. The van der Waals surface area contributed by atoms with E-state index in [9.17, 15) is 23.3 Å². The monoisotopic (exact) mass is 379 g/mol. The molecule has 0 saturated carbocycles. The van der Waals surface area contributed by atoms with Crippen LogP contribution in [0.1, 0.15) is 22.8 Å². The molecule has 0 atom stereocenters. The summed E-state index contributed by atoms with van der Waals surface area (Å²) in [7, 11) is -4.04. The van der Waals surface area contributed by atoms with Gasteiger partial charge >= 0.3 is 5.97 Å². The highest BCUT2D eigenvalue weighted by Gasteiger charge is 2.19. The van der Waals surface area contributed by atoms with Gasteiger partial charge in [0.25, 0.3) is 5.69 Å². The molecule has 26 heavy (non-hydrogen) atoms. The fourth-order valence-electron chi connectivity index (χ4n) is 2.16. The van der Waals surface area contributed by atoms with E-state index in [4.69, 9.17) is 9.88 Å². The number of hydrogen-bond donors (Lipinski definition) is 2. The minimum atomic E-state index is -4.04. The Hall–Kier alpha value is -2.98. The van der Waals surface area contributed by atoms with E-state index in [1.165, 1.54) is 12.1 Å². The lowest BCUT2D eigenvalue weighted by Gasteiger charge is -2.09. The van der Waals surface area contributed by atoms with Gasteiger partial charge in [0.15, 0.2) is 0 Å². The third-order valence-electron chi connectivity index (χ3n) is 3.44. The summed E-state index contributed by atoms with van der Waals surface area (Å²) in [5.41, 5.74) is 0.915. The highest BCUT2D eigenvalue weighted by atomic mass is 32.2. The topological polar surface area (TPSA) is 142 Å². The number of nitro benzene ring substituents is 1. The standard InChI is InChI=1S/C16H17N3O6S/c1-2-25-16(20)12-5-3-11(4-6-12)10-18-14-8-7-13(26(17,23)24)9-15(14)19(21)22/h3-9,18H,2,10H2,1H3,(H2,17,23,24). The van der Waals surface area contributed by atoms with Gasteiger partial charge in [0.05, 0.1) is 22.0 Å². The minimum Gasteiger partial charge on any atom is -0.462 e. The van der Waals surface area contributed by atoms with E-state index < -0.39 is 26.6 Å². The molecule has 0 unspecified atom stereocenters. The predicted octanol–water partition coefficient (Wildman–Crippen LogP) is 2.03. The van der Waals surface area contributed by atoms with Gasteiger partial charge in [-0.1, -0.05) is 12.1 Å². The third-order valence-corrected chi connectivity index (χ3v) is 4.35. The summed E-state index contributed by atoms with van der Waals surface area (Å²) in [5, 5.41) is 19.0. The SMILES string of the molecule is CCOC(=O)c1ccc(CNc2ccc(S(N)(=O)=O)cc2[N+](=O)[O-])cc1. The van der Waals surface area contributed by atoms with Gasteiger partial charge in [0, 0.05) is 12.6 Å². The highest BCUT2D eigenvalue weighted by Crippen LogP contribution is 2.27. The van der Waals surface area contributed by atoms with Crippen LogP contribution in [0.4, 0.5) is 11.4 Å². The summed E-state index contributed by atoms with van der Waals surface area (Å²) < 4.78 is 27.5. The molecule has 0 heterocycles. The number of carbonyl (C=O) groups excluding carboxylic acids is 1. The first-order chi connectivity index (χ1) is 12.2. The van der Waals surface area contributed by atoms with E-state index in [1.54, 1.807) is 31.2 Å². The van der Waals surface area contributed by atoms with Crippen molar-refractivity contribution in [2.24, 2.45) is 5.14 Å². The first kappa shape index (κ1) is 19.3. The number of hydrogen-bond acceptors (Lipinski definition) is 7. The van der Waals surface area contributed by atoms with Crippen LogP contribution in [0.3, 0.4) is 0 Å². The number of anilines is 1. The second kappa shape index (κ2) is 7.93. The van der Waals surface area contributed by atoms with Gasteiger partial charge in [-0.15, -0.1) is 0 Å². The maximum Gasteiger partial charge on any atom is 0.338 e. The molecule has 9 nitrogen and oxygen atoms in total. The van der Waals surface area contributed by atoms with Crippen molar-refractivity contribution in [3.8, 4) is 0 Å². The quantitative estimate of drug-likeness (QED) is 0.426. The van der Waals surface area contributed by atoms with Gasteiger partial charge in [-0.2, -0.15) is 0 Å². The fourth-order valence-corrected chi connectivity index (χ4v) is 2.69. The molecular weight excluding hydrogens is 362 g/mol. The zero-order valence-corrected chi connectivity index (χ0v) is 14.7. The third kappa shape index (κ3) is 4.77. The number of nitrogens with zero attached hydrogens (tertiary/aromatic N) is 1. The molecule has 0 spiro atoms. The highest BCUT2D eigenvalue weighted by molar-refractivity contribution is 7.89. The van der Waals surface area contributed by atoms with Crippen LogP contribution in [0.5, 0.6) is 0 Å². The number of carbonyl (C=O) groups is 1. The van der Waals surface area contributed by atoms with Crippen LogP contribution < -0.4 is 10.5 Å². The van der Waals surface area contributed by atoms with Crippen LogP contribution in [0, 0.1) is 10.1 Å². The molecule has 10 heteroatoms. The molecule has 0 aliphatic carbocycles. The van der Waals surface area contributed by atoms with Crippen molar-refractivity contribution >= 4 is 27.4 Å². The number of esters is 1. The van der Waals surface area contributed by atoms with Crippen molar-refractivity contribution in [3.05, 3.63) is 63.7 Å². The average molecular weight is 379 g/mol. The Morgan fingerprint density at radius 2 is 1.88 bits per heavy atom. The lowest BCUT2D eigenvalue weighted by Crippen LogP contribution is -2.13. The van der Waals surface area contributed by atoms with E-state index in [1.807, 2.05) is 0 Å². The summed E-state index contributed by atoms with van der Waals surface area (Å²) in [6.45, 7) is 2.23. The molecule has 0 aliphatic rings. The van der Waals surface area contributed by atoms with Crippen molar-refractivity contribution in [1.29, 1.82) is 0 Å². The van der Waals surface area contributed by atoms with Gasteiger partial charge in [0.2, 0.25) is 10.0 Å². The second-order valence-electron chi connectivity index (χ2n) is 5.25. The van der Waals surface area contributed by atoms with E-state index in [2.05, 4.69) is 5.32 Å². The van der Waals surface area contributed by atoms with E-state index in [0.717, 1.165) is 11.6 Å². The normalized spacial score (nSPS) is 11.0. The Kier molecular flexibility index (Phi) is 5.90. The summed E-state index contributed by atoms with van der Waals surface area (Å²) in [5.74, 6) is -0.429. The molecule has 0 amide bonds. The molecular formula is C16H17N3O6S. The van der Waals surface area contributed by atoms with Crippen molar-refractivity contribution in [2.75, 3.05) is 11.9 Å². The molecule has 0 fully saturated rings. The Labute approximate surface area is 150 Å². The minimum absolute atomic E-state index is 0.150. The molecule has 2 aromatic carbocycles. The van der Waals surface area contributed by atoms with E-state index in [-0.39, 0.29) is 23.7 Å². The largest absolute Gasteiger partial charge is 0.462 e. The van der Waals surface area contributed by atoms with E-state index >= 15 is 0 Å². The van der Waals surface area contributed by atoms with Crippen molar-refractivity contribution in [3.63, 3.8) is 0 Å². The van der Waals surface area contributed by atoms with Gasteiger partial charge in [-0.3, -0.25) is 10.1 Å². The molecule has 0 saturated heterocycles. The molecule has 2 aromatic rings. The van der Waals surface area contributed by atoms with Crippen LogP contribution >= 0.6 is 0 Å². The molecule has 0 aliphatic heterocycles. The maximum atomic E-state index is 11.6. The average Bonchev–Trinajstić information content (AvgIpc) is 2.59. The lowest BCUT2D eigenvalue weighted by atomic mass is 10.1. The fraction of sp³-hybridized carbons (Fsp3) is 0.188. The van der Waals surface area contributed by atoms with Crippen molar-refractivity contribution in [1.82, 2.24) is 0 Å². The summed E-state index contributed by atoms with van der Waals surface area (Å²) >= 11 is 0. The molecule has 138 valence electrons.